The van der Waals surface area contributed by atoms with Gasteiger partial charge in [0.05, 0.1) is 18.1 Å². The van der Waals surface area contributed by atoms with Gasteiger partial charge in [-0.25, -0.2) is 0 Å². The lowest BCUT2D eigenvalue weighted by Crippen LogP contribution is -2.55. The summed E-state index contributed by atoms with van der Waals surface area (Å²) in [6.45, 7) is 5.92. The molecule has 2 N–H and O–H groups in total. The number of piperidine rings is 1. The van der Waals surface area contributed by atoms with Gasteiger partial charge in [0.25, 0.3) is 0 Å². The number of halogens is 3. The Morgan fingerprint density at radius 1 is 1.19 bits per heavy atom. The van der Waals surface area contributed by atoms with Crippen molar-refractivity contribution in [2.45, 2.75) is 64.1 Å². The number of hydrogen-bond donors (Lipinski definition) is 2. The summed E-state index contributed by atoms with van der Waals surface area (Å²) in [4.78, 5) is 12.3. The van der Waals surface area contributed by atoms with E-state index in [0.717, 1.165) is 0 Å². The van der Waals surface area contributed by atoms with Crippen LogP contribution in [0.3, 0.4) is 0 Å². The van der Waals surface area contributed by atoms with Crippen LogP contribution < -0.4 is 10.6 Å². The van der Waals surface area contributed by atoms with Crippen LogP contribution in [0.25, 0.3) is 0 Å². The standard InChI is InChI=1S/C14H23F3N2O2/c1-7-8(2)21-9(3)12(7)13(20)19-10-4-5-11(18-6-10)14(15,16)17/h7-12,18H,4-6H2,1-3H3,(H,19,20). The van der Waals surface area contributed by atoms with Crippen LogP contribution in [0.4, 0.5) is 13.2 Å². The minimum atomic E-state index is -4.22. The number of carbonyl (C=O) groups is 1. The second-order valence-electron chi connectivity index (χ2n) is 6.22. The molecule has 0 saturated carbocycles. The van der Waals surface area contributed by atoms with Crippen LogP contribution in [0, 0.1) is 11.8 Å². The average Bonchev–Trinajstić information content (AvgIpc) is 2.62. The first-order chi connectivity index (χ1) is 9.70. The molecule has 2 aliphatic rings. The van der Waals surface area contributed by atoms with Crippen molar-refractivity contribution >= 4 is 5.91 Å². The third kappa shape index (κ3) is 3.69. The zero-order chi connectivity index (χ0) is 15.8. The van der Waals surface area contributed by atoms with E-state index in [1.54, 1.807) is 0 Å². The SMILES string of the molecule is CC1OC(C)C(C(=O)NC2CCC(C(F)(F)F)NC2)C1C. The Labute approximate surface area is 122 Å². The summed E-state index contributed by atoms with van der Waals surface area (Å²) in [5, 5.41) is 5.33. The fourth-order valence-electron chi connectivity index (χ4n) is 3.28. The summed E-state index contributed by atoms with van der Waals surface area (Å²) >= 11 is 0. The smallest absolute Gasteiger partial charge is 0.374 e. The van der Waals surface area contributed by atoms with E-state index in [-0.39, 0.29) is 49.0 Å². The molecule has 2 aliphatic heterocycles. The normalized spacial score (nSPS) is 41.0. The Bertz CT molecular complexity index is 381. The summed E-state index contributed by atoms with van der Waals surface area (Å²) in [5.74, 6) is -0.239. The number of amides is 1. The first kappa shape index (κ1) is 16.5. The summed E-state index contributed by atoms with van der Waals surface area (Å²) in [7, 11) is 0. The third-order valence-electron chi connectivity index (χ3n) is 4.70. The number of hydrogen-bond acceptors (Lipinski definition) is 3. The molecule has 0 bridgehead atoms. The van der Waals surface area contributed by atoms with Gasteiger partial charge < -0.3 is 15.4 Å². The molecule has 7 heteroatoms. The van der Waals surface area contributed by atoms with Gasteiger partial charge in [-0.3, -0.25) is 4.79 Å². The Morgan fingerprint density at radius 2 is 1.86 bits per heavy atom. The van der Waals surface area contributed by atoms with E-state index in [1.807, 2.05) is 20.8 Å². The highest BCUT2D eigenvalue weighted by Gasteiger charge is 2.44. The van der Waals surface area contributed by atoms with Gasteiger partial charge in [0.15, 0.2) is 0 Å². The van der Waals surface area contributed by atoms with Crippen LogP contribution in [-0.4, -0.2) is 42.9 Å². The van der Waals surface area contributed by atoms with Crippen LogP contribution in [-0.2, 0) is 9.53 Å². The lowest BCUT2D eigenvalue weighted by Gasteiger charge is -2.32. The van der Waals surface area contributed by atoms with Crippen LogP contribution in [0.5, 0.6) is 0 Å². The number of carbonyl (C=O) groups excluding carboxylic acids is 1. The zero-order valence-electron chi connectivity index (χ0n) is 12.5. The fraction of sp³-hybridized carbons (Fsp3) is 0.929. The molecule has 122 valence electrons. The quantitative estimate of drug-likeness (QED) is 0.818. The third-order valence-corrected chi connectivity index (χ3v) is 4.70. The highest BCUT2D eigenvalue weighted by atomic mass is 19.4. The molecule has 2 fully saturated rings. The predicted molar refractivity (Wildman–Crippen MR) is 71.7 cm³/mol. The molecule has 0 aromatic heterocycles. The van der Waals surface area contributed by atoms with Gasteiger partial charge in [-0.15, -0.1) is 0 Å². The summed E-state index contributed by atoms with van der Waals surface area (Å²) < 4.78 is 43.3. The van der Waals surface area contributed by atoms with Crippen molar-refractivity contribution in [1.82, 2.24) is 10.6 Å². The topological polar surface area (TPSA) is 50.4 Å². The molecular formula is C14H23F3N2O2. The van der Waals surface area contributed by atoms with Crippen molar-refractivity contribution in [3.63, 3.8) is 0 Å². The van der Waals surface area contributed by atoms with Gasteiger partial charge in [0.2, 0.25) is 5.91 Å². The van der Waals surface area contributed by atoms with Gasteiger partial charge in [0.1, 0.15) is 6.04 Å². The first-order valence-electron chi connectivity index (χ1n) is 7.46. The minimum absolute atomic E-state index is 0.00285. The largest absolute Gasteiger partial charge is 0.403 e. The highest BCUT2D eigenvalue weighted by Crippen LogP contribution is 2.32. The van der Waals surface area contributed by atoms with Crippen molar-refractivity contribution in [2.24, 2.45) is 11.8 Å². The second kappa shape index (κ2) is 6.12. The molecule has 1 amide bonds. The number of nitrogens with one attached hydrogen (secondary N) is 2. The van der Waals surface area contributed by atoms with Crippen LogP contribution in [0.2, 0.25) is 0 Å². The maximum atomic E-state index is 12.6. The number of alkyl halides is 3. The van der Waals surface area contributed by atoms with Crippen molar-refractivity contribution in [2.75, 3.05) is 6.54 Å². The molecule has 0 aromatic rings. The minimum Gasteiger partial charge on any atom is -0.374 e. The molecule has 6 unspecified atom stereocenters. The highest BCUT2D eigenvalue weighted by molar-refractivity contribution is 5.80. The number of ether oxygens (including phenoxy) is 1. The Kier molecular flexibility index (Phi) is 4.82. The molecule has 0 radical (unpaired) electrons. The molecule has 0 spiro atoms. The van der Waals surface area contributed by atoms with Crippen LogP contribution in [0.15, 0.2) is 0 Å². The predicted octanol–water partition coefficient (Wildman–Crippen LogP) is 1.84. The Morgan fingerprint density at radius 3 is 2.29 bits per heavy atom. The van der Waals surface area contributed by atoms with E-state index in [0.29, 0.717) is 6.42 Å². The van der Waals surface area contributed by atoms with E-state index < -0.39 is 12.2 Å². The monoisotopic (exact) mass is 308 g/mol. The van der Waals surface area contributed by atoms with Crippen LogP contribution in [0.1, 0.15) is 33.6 Å². The Balaban J connectivity index is 1.85. The molecular weight excluding hydrogens is 285 g/mol. The molecule has 2 heterocycles. The molecule has 0 aliphatic carbocycles. The average molecular weight is 308 g/mol. The van der Waals surface area contributed by atoms with Gasteiger partial charge in [-0.05, 0) is 32.6 Å². The van der Waals surface area contributed by atoms with Gasteiger partial charge in [0, 0.05) is 12.6 Å². The lowest BCUT2D eigenvalue weighted by atomic mass is 9.88. The summed E-state index contributed by atoms with van der Waals surface area (Å²) in [5.41, 5.74) is 0. The Hall–Kier alpha value is -0.820. The van der Waals surface area contributed by atoms with E-state index >= 15 is 0 Å². The van der Waals surface area contributed by atoms with Crippen molar-refractivity contribution < 1.29 is 22.7 Å². The molecule has 21 heavy (non-hydrogen) atoms. The van der Waals surface area contributed by atoms with E-state index in [1.165, 1.54) is 0 Å². The first-order valence-corrected chi connectivity index (χ1v) is 7.46. The van der Waals surface area contributed by atoms with E-state index in [9.17, 15) is 18.0 Å². The maximum Gasteiger partial charge on any atom is 0.403 e. The molecule has 6 atom stereocenters. The number of rotatable bonds is 2. The van der Waals surface area contributed by atoms with Gasteiger partial charge in [-0.1, -0.05) is 6.92 Å². The van der Waals surface area contributed by atoms with E-state index in [4.69, 9.17) is 4.74 Å². The molecule has 0 aromatic carbocycles. The maximum absolute atomic E-state index is 12.6. The lowest BCUT2D eigenvalue weighted by molar-refractivity contribution is -0.161. The fourth-order valence-corrected chi connectivity index (χ4v) is 3.28. The molecule has 2 rings (SSSR count). The summed E-state index contributed by atoms with van der Waals surface area (Å²) in [6.07, 6.45) is -4.01. The second-order valence-corrected chi connectivity index (χ2v) is 6.22. The zero-order valence-corrected chi connectivity index (χ0v) is 12.5. The van der Waals surface area contributed by atoms with Crippen molar-refractivity contribution in [3.05, 3.63) is 0 Å². The van der Waals surface area contributed by atoms with E-state index in [2.05, 4.69) is 10.6 Å². The van der Waals surface area contributed by atoms with Gasteiger partial charge in [-0.2, -0.15) is 13.2 Å². The van der Waals surface area contributed by atoms with Crippen LogP contribution >= 0.6 is 0 Å². The summed E-state index contributed by atoms with van der Waals surface area (Å²) in [6, 6.07) is -1.70. The van der Waals surface area contributed by atoms with Gasteiger partial charge >= 0.3 is 6.18 Å². The van der Waals surface area contributed by atoms with Crippen molar-refractivity contribution in [1.29, 1.82) is 0 Å². The molecule has 4 nitrogen and oxygen atoms in total. The molecule has 2 saturated heterocycles. The van der Waals surface area contributed by atoms with Crippen molar-refractivity contribution in [3.8, 4) is 0 Å².